The quantitative estimate of drug-likeness (QED) is 0.633. The summed E-state index contributed by atoms with van der Waals surface area (Å²) in [5.74, 6) is 6.64. The van der Waals surface area contributed by atoms with Crippen LogP contribution in [0.3, 0.4) is 0 Å². The van der Waals surface area contributed by atoms with Crippen molar-refractivity contribution in [3.63, 3.8) is 0 Å². The number of nitrogens with one attached hydrogen (secondary N) is 1. The first-order chi connectivity index (χ1) is 8.79. The molecule has 0 bridgehead atoms. The second-order valence-electron chi connectivity index (χ2n) is 4.36. The molecule has 4 heteroatoms. The van der Waals surface area contributed by atoms with Gasteiger partial charge in [0.15, 0.2) is 0 Å². The van der Waals surface area contributed by atoms with Crippen LogP contribution in [0.25, 0.3) is 0 Å². The van der Waals surface area contributed by atoms with Crippen molar-refractivity contribution < 1.29 is 9.53 Å². The lowest BCUT2D eigenvalue weighted by Gasteiger charge is -2.17. The number of hydrogen-bond donors (Lipinski definition) is 1. The third-order valence-electron chi connectivity index (χ3n) is 3.07. The Morgan fingerprint density at radius 1 is 1.26 bits per heavy atom. The van der Waals surface area contributed by atoms with E-state index < -0.39 is 0 Å². The molecular weight excluding hydrogens is 262 g/mol. The first-order valence-electron chi connectivity index (χ1n) is 6.20. The van der Waals surface area contributed by atoms with Gasteiger partial charge in [-0.3, -0.25) is 0 Å². The Morgan fingerprint density at radius 3 is 2.47 bits per heavy atom. The van der Waals surface area contributed by atoms with Gasteiger partial charge in [-0.25, -0.2) is 4.79 Å². The molecule has 0 atom stereocenters. The summed E-state index contributed by atoms with van der Waals surface area (Å²) in [6, 6.07) is 7.22. The maximum Gasteiger partial charge on any atom is 0.337 e. The third kappa shape index (κ3) is 4.59. The van der Waals surface area contributed by atoms with Crippen LogP contribution in [-0.4, -0.2) is 26.2 Å². The van der Waals surface area contributed by atoms with E-state index in [0.29, 0.717) is 11.5 Å². The molecule has 1 aromatic rings. The van der Waals surface area contributed by atoms with Crippen molar-refractivity contribution in [2.45, 2.75) is 12.8 Å². The van der Waals surface area contributed by atoms with Crippen LogP contribution in [0.15, 0.2) is 24.3 Å². The van der Waals surface area contributed by atoms with Gasteiger partial charge in [0.05, 0.1) is 12.7 Å². The Kier molecular flexibility index (Phi) is 6.41. The van der Waals surface area contributed by atoms with Crippen molar-refractivity contribution in [2.75, 3.05) is 20.2 Å². The molecule has 0 amide bonds. The SMILES string of the molecule is COC(=O)c1ccc(C#CC2CCNCC2)cc1.Cl. The van der Waals surface area contributed by atoms with E-state index in [0.717, 1.165) is 31.5 Å². The highest BCUT2D eigenvalue weighted by atomic mass is 35.5. The van der Waals surface area contributed by atoms with E-state index in [1.54, 1.807) is 12.1 Å². The topological polar surface area (TPSA) is 38.3 Å². The van der Waals surface area contributed by atoms with Gasteiger partial charge in [0.25, 0.3) is 0 Å². The molecule has 0 aliphatic carbocycles. The second kappa shape index (κ2) is 7.83. The molecule has 2 rings (SSSR count). The number of methoxy groups -OCH3 is 1. The molecule has 0 unspecified atom stereocenters. The van der Waals surface area contributed by atoms with E-state index in [-0.39, 0.29) is 18.4 Å². The molecule has 1 heterocycles. The minimum atomic E-state index is -0.312. The van der Waals surface area contributed by atoms with Crippen LogP contribution in [0.1, 0.15) is 28.8 Å². The molecule has 102 valence electrons. The Labute approximate surface area is 120 Å². The average Bonchev–Trinajstić information content (AvgIpc) is 2.46. The summed E-state index contributed by atoms with van der Waals surface area (Å²) in [5, 5.41) is 3.32. The fraction of sp³-hybridized carbons (Fsp3) is 0.400. The summed E-state index contributed by atoms with van der Waals surface area (Å²) in [6.45, 7) is 2.11. The van der Waals surface area contributed by atoms with Gasteiger partial charge in [-0.15, -0.1) is 12.4 Å². The van der Waals surface area contributed by atoms with Crippen LogP contribution in [0.5, 0.6) is 0 Å². The molecule has 0 spiro atoms. The van der Waals surface area contributed by atoms with Gasteiger partial charge < -0.3 is 10.1 Å². The number of ether oxygens (including phenoxy) is 1. The van der Waals surface area contributed by atoms with E-state index in [9.17, 15) is 4.79 Å². The van der Waals surface area contributed by atoms with Crippen molar-refractivity contribution in [2.24, 2.45) is 5.92 Å². The predicted molar refractivity (Wildman–Crippen MR) is 77.5 cm³/mol. The van der Waals surface area contributed by atoms with Gasteiger partial charge in [-0.2, -0.15) is 0 Å². The van der Waals surface area contributed by atoms with Gasteiger partial charge in [-0.1, -0.05) is 11.8 Å². The normalized spacial score (nSPS) is 14.8. The zero-order valence-corrected chi connectivity index (χ0v) is 11.8. The number of hydrogen-bond acceptors (Lipinski definition) is 3. The lowest BCUT2D eigenvalue weighted by Crippen LogP contribution is -2.26. The summed E-state index contributed by atoms with van der Waals surface area (Å²) < 4.78 is 4.65. The van der Waals surface area contributed by atoms with E-state index in [1.807, 2.05) is 12.1 Å². The molecule has 1 aliphatic rings. The molecule has 0 saturated carbocycles. The number of carbonyl (C=O) groups excluding carboxylic acids is 1. The predicted octanol–water partition coefficient (Wildman–Crippen LogP) is 2.25. The second-order valence-corrected chi connectivity index (χ2v) is 4.36. The number of rotatable bonds is 1. The van der Waals surface area contributed by atoms with Crippen LogP contribution in [0, 0.1) is 17.8 Å². The van der Waals surface area contributed by atoms with Crippen molar-refractivity contribution in [1.82, 2.24) is 5.32 Å². The van der Waals surface area contributed by atoms with Crippen LogP contribution in [-0.2, 0) is 4.74 Å². The highest BCUT2D eigenvalue weighted by Crippen LogP contribution is 2.10. The van der Waals surface area contributed by atoms with E-state index >= 15 is 0 Å². The Morgan fingerprint density at radius 2 is 1.89 bits per heavy atom. The average molecular weight is 280 g/mol. The monoisotopic (exact) mass is 279 g/mol. The van der Waals surface area contributed by atoms with Crippen LogP contribution < -0.4 is 5.32 Å². The smallest absolute Gasteiger partial charge is 0.337 e. The van der Waals surface area contributed by atoms with Crippen molar-refractivity contribution in [1.29, 1.82) is 0 Å². The Hall–Kier alpha value is -1.50. The minimum absolute atomic E-state index is 0. The summed E-state index contributed by atoms with van der Waals surface area (Å²) in [7, 11) is 1.38. The largest absolute Gasteiger partial charge is 0.465 e. The fourth-order valence-electron chi connectivity index (χ4n) is 1.96. The standard InChI is InChI=1S/C15H17NO2.ClH/c1-18-15(17)14-6-4-12(5-7-14)2-3-13-8-10-16-11-9-13;/h4-7,13,16H,8-11H2,1H3;1H. The van der Waals surface area contributed by atoms with Crippen molar-refractivity contribution in [3.05, 3.63) is 35.4 Å². The molecule has 0 radical (unpaired) electrons. The van der Waals surface area contributed by atoms with Gasteiger partial charge >= 0.3 is 5.97 Å². The zero-order valence-electron chi connectivity index (χ0n) is 10.9. The van der Waals surface area contributed by atoms with Gasteiger partial charge in [0.1, 0.15) is 0 Å². The number of esters is 1. The Bertz CT molecular complexity index is 467. The highest BCUT2D eigenvalue weighted by molar-refractivity contribution is 5.89. The summed E-state index contributed by atoms with van der Waals surface area (Å²) in [5.41, 5.74) is 1.51. The highest BCUT2D eigenvalue weighted by Gasteiger charge is 2.09. The van der Waals surface area contributed by atoms with Crippen molar-refractivity contribution >= 4 is 18.4 Å². The number of halogens is 1. The van der Waals surface area contributed by atoms with Gasteiger partial charge in [0, 0.05) is 11.5 Å². The lowest BCUT2D eigenvalue weighted by atomic mass is 9.98. The first kappa shape index (κ1) is 15.6. The zero-order chi connectivity index (χ0) is 12.8. The van der Waals surface area contributed by atoms with E-state index in [1.165, 1.54) is 7.11 Å². The minimum Gasteiger partial charge on any atom is -0.465 e. The maximum atomic E-state index is 11.3. The molecule has 19 heavy (non-hydrogen) atoms. The van der Waals surface area contributed by atoms with Crippen LogP contribution in [0.2, 0.25) is 0 Å². The van der Waals surface area contributed by atoms with Gasteiger partial charge in [0.2, 0.25) is 0 Å². The summed E-state index contributed by atoms with van der Waals surface area (Å²) >= 11 is 0. The van der Waals surface area contributed by atoms with E-state index in [2.05, 4.69) is 21.9 Å². The lowest BCUT2D eigenvalue weighted by molar-refractivity contribution is 0.0601. The van der Waals surface area contributed by atoms with E-state index in [4.69, 9.17) is 0 Å². The molecule has 1 saturated heterocycles. The van der Waals surface area contributed by atoms with Crippen LogP contribution >= 0.6 is 12.4 Å². The van der Waals surface area contributed by atoms with Crippen LogP contribution in [0.4, 0.5) is 0 Å². The Balaban J connectivity index is 0.00000180. The fourth-order valence-corrected chi connectivity index (χ4v) is 1.96. The molecule has 1 aliphatic heterocycles. The molecular formula is C15H18ClNO2. The number of piperidine rings is 1. The maximum absolute atomic E-state index is 11.3. The van der Waals surface area contributed by atoms with Gasteiger partial charge in [-0.05, 0) is 50.2 Å². The molecule has 3 nitrogen and oxygen atoms in total. The molecule has 1 fully saturated rings. The number of carbonyl (C=O) groups is 1. The first-order valence-corrected chi connectivity index (χ1v) is 6.20. The molecule has 1 N–H and O–H groups in total. The summed E-state index contributed by atoms with van der Waals surface area (Å²) in [6.07, 6.45) is 2.24. The number of benzene rings is 1. The molecule has 1 aromatic carbocycles. The summed E-state index contributed by atoms with van der Waals surface area (Å²) in [4.78, 5) is 11.3. The van der Waals surface area contributed by atoms with Crippen molar-refractivity contribution in [3.8, 4) is 11.8 Å². The molecule has 0 aromatic heterocycles. The third-order valence-corrected chi connectivity index (χ3v) is 3.07.